The van der Waals surface area contributed by atoms with Crippen molar-refractivity contribution >= 4 is 22.5 Å². The van der Waals surface area contributed by atoms with Crippen LogP contribution in [0.2, 0.25) is 0 Å². The van der Waals surface area contributed by atoms with E-state index in [-0.39, 0.29) is 6.04 Å². The molecular weight excluding hydrogens is 246 g/mol. The van der Waals surface area contributed by atoms with E-state index in [9.17, 15) is 0 Å². The van der Waals surface area contributed by atoms with Gasteiger partial charge in [0, 0.05) is 23.3 Å². The summed E-state index contributed by atoms with van der Waals surface area (Å²) in [5, 5.41) is 2.20. The maximum atomic E-state index is 5.65. The number of hydrogen-bond acceptors (Lipinski definition) is 6. The van der Waals surface area contributed by atoms with E-state index < -0.39 is 0 Å². The molecule has 0 aliphatic heterocycles. The lowest BCUT2D eigenvalue weighted by molar-refractivity contribution is 0.627. The SMILES string of the molecule is NNC(c1cnsn1)c1cncc2ccccc12. The van der Waals surface area contributed by atoms with Crippen molar-refractivity contribution in [3.05, 3.63) is 54.1 Å². The third-order valence-corrected chi connectivity index (χ3v) is 3.34. The highest BCUT2D eigenvalue weighted by Crippen LogP contribution is 2.26. The Morgan fingerprint density at radius 2 is 2.06 bits per heavy atom. The molecule has 0 fully saturated rings. The molecule has 6 heteroatoms. The lowest BCUT2D eigenvalue weighted by Crippen LogP contribution is -2.29. The predicted molar refractivity (Wildman–Crippen MR) is 70.8 cm³/mol. The van der Waals surface area contributed by atoms with Crippen LogP contribution in [0.15, 0.2) is 42.9 Å². The molecule has 2 aromatic heterocycles. The fraction of sp³-hybridized carbons (Fsp3) is 0.0833. The van der Waals surface area contributed by atoms with Crippen molar-refractivity contribution in [3.8, 4) is 0 Å². The van der Waals surface area contributed by atoms with E-state index in [0.717, 1.165) is 22.0 Å². The molecule has 1 aromatic carbocycles. The zero-order valence-corrected chi connectivity index (χ0v) is 10.3. The Morgan fingerprint density at radius 1 is 1.17 bits per heavy atom. The first-order chi connectivity index (χ1) is 8.90. The van der Waals surface area contributed by atoms with Crippen molar-refractivity contribution in [2.45, 2.75) is 6.04 Å². The number of benzene rings is 1. The molecule has 5 nitrogen and oxygen atoms in total. The van der Waals surface area contributed by atoms with Gasteiger partial charge in [0.2, 0.25) is 0 Å². The highest BCUT2D eigenvalue weighted by atomic mass is 32.1. The summed E-state index contributed by atoms with van der Waals surface area (Å²) in [6, 6.07) is 7.87. The van der Waals surface area contributed by atoms with Crippen LogP contribution in [0, 0.1) is 0 Å². The number of nitrogens with zero attached hydrogens (tertiary/aromatic N) is 3. The summed E-state index contributed by atoms with van der Waals surface area (Å²) >= 11 is 1.17. The Morgan fingerprint density at radius 3 is 2.83 bits per heavy atom. The largest absolute Gasteiger partial charge is 0.271 e. The minimum Gasteiger partial charge on any atom is -0.271 e. The van der Waals surface area contributed by atoms with Crippen molar-refractivity contribution in [3.63, 3.8) is 0 Å². The van der Waals surface area contributed by atoms with Gasteiger partial charge < -0.3 is 0 Å². The van der Waals surface area contributed by atoms with Gasteiger partial charge in [-0.2, -0.15) is 8.75 Å². The van der Waals surface area contributed by atoms with E-state index in [1.54, 1.807) is 6.20 Å². The number of pyridine rings is 1. The van der Waals surface area contributed by atoms with E-state index in [4.69, 9.17) is 5.84 Å². The molecule has 0 saturated heterocycles. The molecule has 0 saturated carbocycles. The highest BCUT2D eigenvalue weighted by Gasteiger charge is 2.17. The second kappa shape index (κ2) is 4.77. The average molecular weight is 257 g/mol. The lowest BCUT2D eigenvalue weighted by Gasteiger charge is -2.15. The van der Waals surface area contributed by atoms with Crippen LogP contribution in [-0.2, 0) is 0 Å². The van der Waals surface area contributed by atoms with Gasteiger partial charge in [-0.15, -0.1) is 0 Å². The monoisotopic (exact) mass is 257 g/mol. The van der Waals surface area contributed by atoms with Gasteiger partial charge in [-0.1, -0.05) is 24.3 Å². The highest BCUT2D eigenvalue weighted by molar-refractivity contribution is 6.99. The first-order valence-corrected chi connectivity index (χ1v) is 6.19. The summed E-state index contributed by atoms with van der Waals surface area (Å²) in [5.41, 5.74) is 4.59. The fourth-order valence-electron chi connectivity index (χ4n) is 2.00. The Balaban J connectivity index is 2.18. The van der Waals surface area contributed by atoms with Crippen LogP contribution in [0.4, 0.5) is 0 Å². The van der Waals surface area contributed by atoms with Crippen LogP contribution in [0.1, 0.15) is 17.3 Å². The zero-order chi connectivity index (χ0) is 12.4. The molecule has 1 unspecified atom stereocenters. The normalized spacial score (nSPS) is 12.7. The molecule has 2 heterocycles. The minimum absolute atomic E-state index is 0.192. The average Bonchev–Trinajstić information content (AvgIpc) is 2.94. The summed E-state index contributed by atoms with van der Waals surface area (Å²) in [6.07, 6.45) is 5.37. The van der Waals surface area contributed by atoms with Crippen molar-refractivity contribution in [1.29, 1.82) is 0 Å². The number of rotatable bonds is 3. The van der Waals surface area contributed by atoms with Gasteiger partial charge in [-0.3, -0.25) is 10.8 Å². The Hall–Kier alpha value is -1.89. The summed E-state index contributed by atoms with van der Waals surface area (Å²) in [6.45, 7) is 0. The van der Waals surface area contributed by atoms with E-state index in [1.807, 2.05) is 30.6 Å². The van der Waals surface area contributed by atoms with E-state index >= 15 is 0 Å². The van der Waals surface area contributed by atoms with E-state index in [0.29, 0.717) is 0 Å². The van der Waals surface area contributed by atoms with E-state index in [1.165, 1.54) is 11.7 Å². The first kappa shape index (κ1) is 11.2. The molecule has 0 spiro atoms. The molecule has 0 amide bonds. The summed E-state index contributed by atoms with van der Waals surface area (Å²) in [7, 11) is 0. The Bertz CT molecular complexity index is 647. The van der Waals surface area contributed by atoms with Gasteiger partial charge in [0.1, 0.15) is 0 Å². The van der Waals surface area contributed by atoms with Crippen LogP contribution >= 0.6 is 11.7 Å². The molecular formula is C12H11N5S. The quantitative estimate of drug-likeness (QED) is 0.551. The topological polar surface area (TPSA) is 76.7 Å². The van der Waals surface area contributed by atoms with Gasteiger partial charge in [-0.25, -0.2) is 5.43 Å². The van der Waals surface area contributed by atoms with Crippen LogP contribution in [0.25, 0.3) is 10.8 Å². The summed E-state index contributed by atoms with van der Waals surface area (Å²) < 4.78 is 8.24. The van der Waals surface area contributed by atoms with Crippen molar-refractivity contribution in [2.75, 3.05) is 0 Å². The van der Waals surface area contributed by atoms with Crippen molar-refractivity contribution < 1.29 is 0 Å². The van der Waals surface area contributed by atoms with Crippen molar-refractivity contribution in [2.24, 2.45) is 5.84 Å². The van der Waals surface area contributed by atoms with Gasteiger partial charge in [0.05, 0.1) is 29.7 Å². The lowest BCUT2D eigenvalue weighted by atomic mass is 10.0. The van der Waals surface area contributed by atoms with Crippen LogP contribution in [0.3, 0.4) is 0 Å². The first-order valence-electron chi connectivity index (χ1n) is 5.46. The molecule has 0 radical (unpaired) electrons. The molecule has 90 valence electrons. The molecule has 3 N–H and O–H groups in total. The Labute approximate surface area is 108 Å². The van der Waals surface area contributed by atoms with Crippen molar-refractivity contribution in [1.82, 2.24) is 19.2 Å². The number of fused-ring (bicyclic) bond motifs is 1. The van der Waals surface area contributed by atoms with E-state index in [2.05, 4.69) is 25.2 Å². The molecule has 0 aliphatic rings. The number of nitrogens with two attached hydrogens (primary N) is 1. The van der Waals surface area contributed by atoms with Crippen LogP contribution in [-0.4, -0.2) is 13.7 Å². The number of hydrazine groups is 1. The maximum absolute atomic E-state index is 5.65. The maximum Gasteiger partial charge on any atom is 0.0971 e. The zero-order valence-electron chi connectivity index (χ0n) is 9.45. The van der Waals surface area contributed by atoms with Gasteiger partial charge >= 0.3 is 0 Å². The number of hydrogen-bond donors (Lipinski definition) is 2. The second-order valence-electron chi connectivity index (χ2n) is 3.88. The van der Waals surface area contributed by atoms with Crippen LogP contribution in [0.5, 0.6) is 0 Å². The second-order valence-corrected chi connectivity index (χ2v) is 4.44. The molecule has 0 bridgehead atoms. The number of aromatic nitrogens is 3. The standard InChI is InChI=1S/C12H11N5S/c13-16-12(11-7-15-18-17-11)10-6-14-5-8-3-1-2-4-9(8)10/h1-7,12,16H,13H2. The van der Waals surface area contributed by atoms with Gasteiger partial charge in [0.15, 0.2) is 0 Å². The van der Waals surface area contributed by atoms with Gasteiger partial charge in [0.25, 0.3) is 0 Å². The molecule has 0 aliphatic carbocycles. The third-order valence-electron chi connectivity index (χ3n) is 2.85. The summed E-state index contributed by atoms with van der Waals surface area (Å²) in [4.78, 5) is 4.25. The predicted octanol–water partition coefficient (Wildman–Crippen LogP) is 1.64. The molecule has 3 rings (SSSR count). The third kappa shape index (κ3) is 1.86. The molecule has 18 heavy (non-hydrogen) atoms. The fourth-order valence-corrected chi connectivity index (χ4v) is 2.45. The molecule has 1 atom stereocenters. The van der Waals surface area contributed by atoms with Gasteiger partial charge in [-0.05, 0) is 5.39 Å². The molecule has 3 aromatic rings. The van der Waals surface area contributed by atoms with Crippen LogP contribution < -0.4 is 11.3 Å². The summed E-state index contributed by atoms with van der Waals surface area (Å²) in [5.74, 6) is 5.65. The smallest absolute Gasteiger partial charge is 0.0971 e. The Kier molecular flexibility index (Phi) is 2.97. The number of nitrogens with one attached hydrogen (secondary N) is 1. The minimum atomic E-state index is -0.192.